The van der Waals surface area contributed by atoms with Crippen LogP contribution in [0.4, 0.5) is 29.3 Å². The highest BCUT2D eigenvalue weighted by atomic mass is 35.5. The number of nitrogens with one attached hydrogen (secondary N) is 3. The third-order valence-electron chi connectivity index (χ3n) is 4.11. The molecule has 2 aromatic rings. The smallest absolute Gasteiger partial charge is 0.387 e. The first-order valence-corrected chi connectivity index (χ1v) is 8.65. The molecule has 0 aromatic heterocycles. The van der Waals surface area contributed by atoms with E-state index in [1.54, 1.807) is 6.07 Å². The third kappa shape index (κ3) is 6.00. The molecule has 0 saturated carbocycles. The number of morpholine rings is 1. The standard InChI is InChI=1S/C19H17F3N4O3.ClH/c20-13-8-12(17-10-24-5-6-28-17)2-3-14(13)25-19(27)26-15-7-11(9-23)1-4-16(15)29-18(21)22;/h1-4,7-8,17-18,24H,5-6,10H2,(H2,25,26,27);1H/t17-;/m1./s1. The Bertz CT molecular complexity index is 934. The summed E-state index contributed by atoms with van der Waals surface area (Å²) in [5.41, 5.74) is 0.483. The van der Waals surface area contributed by atoms with Crippen LogP contribution >= 0.6 is 12.4 Å². The Labute approximate surface area is 176 Å². The molecular formula is C19H18ClF3N4O3. The van der Waals surface area contributed by atoms with E-state index in [4.69, 9.17) is 10.00 Å². The summed E-state index contributed by atoms with van der Waals surface area (Å²) in [5.74, 6) is -1.01. The van der Waals surface area contributed by atoms with Crippen molar-refractivity contribution < 1.29 is 27.4 Å². The predicted octanol–water partition coefficient (Wildman–Crippen LogP) is 4.03. The van der Waals surface area contributed by atoms with E-state index in [1.165, 1.54) is 24.3 Å². The molecule has 0 aliphatic carbocycles. The Hall–Kier alpha value is -3.00. The van der Waals surface area contributed by atoms with Gasteiger partial charge in [0.2, 0.25) is 0 Å². The lowest BCUT2D eigenvalue weighted by atomic mass is 10.1. The Balaban J connectivity index is 0.00000320. The first-order chi connectivity index (χ1) is 14.0. The molecule has 1 fully saturated rings. The lowest BCUT2D eigenvalue weighted by Crippen LogP contribution is -2.33. The number of alkyl halides is 2. The lowest BCUT2D eigenvalue weighted by molar-refractivity contribution is -0.0493. The molecule has 1 saturated heterocycles. The van der Waals surface area contributed by atoms with E-state index in [9.17, 15) is 18.0 Å². The van der Waals surface area contributed by atoms with Crippen LogP contribution in [0.15, 0.2) is 36.4 Å². The van der Waals surface area contributed by atoms with Crippen LogP contribution in [0, 0.1) is 17.1 Å². The molecule has 1 atom stereocenters. The summed E-state index contributed by atoms with van der Waals surface area (Å²) in [7, 11) is 0. The minimum Gasteiger partial charge on any atom is -0.433 e. The van der Waals surface area contributed by atoms with Gasteiger partial charge in [0.05, 0.1) is 35.7 Å². The average Bonchev–Trinajstić information content (AvgIpc) is 2.71. The SMILES string of the molecule is Cl.N#Cc1ccc(OC(F)F)c(NC(=O)Nc2ccc([C@H]3CNCCO3)cc2F)c1. The molecule has 3 rings (SSSR count). The number of carbonyl (C=O) groups excluding carboxylic acids is 1. The largest absolute Gasteiger partial charge is 0.433 e. The minimum absolute atomic E-state index is 0. The monoisotopic (exact) mass is 442 g/mol. The van der Waals surface area contributed by atoms with Gasteiger partial charge in [-0.15, -0.1) is 12.4 Å². The van der Waals surface area contributed by atoms with Crippen LogP contribution in [0.3, 0.4) is 0 Å². The second-order valence-corrected chi connectivity index (χ2v) is 6.08. The zero-order valence-corrected chi connectivity index (χ0v) is 16.3. The second-order valence-electron chi connectivity index (χ2n) is 6.08. The maximum Gasteiger partial charge on any atom is 0.387 e. The van der Waals surface area contributed by atoms with Crippen LogP contribution in [-0.4, -0.2) is 32.3 Å². The van der Waals surface area contributed by atoms with Crippen molar-refractivity contribution in [2.75, 3.05) is 30.3 Å². The van der Waals surface area contributed by atoms with Gasteiger partial charge in [0.25, 0.3) is 0 Å². The maximum atomic E-state index is 14.4. The molecule has 30 heavy (non-hydrogen) atoms. The van der Waals surface area contributed by atoms with E-state index in [0.29, 0.717) is 18.7 Å². The number of hydrogen-bond acceptors (Lipinski definition) is 5. The number of ether oxygens (including phenoxy) is 2. The van der Waals surface area contributed by atoms with Crippen molar-refractivity contribution in [1.82, 2.24) is 5.32 Å². The molecule has 2 amide bonds. The lowest BCUT2D eigenvalue weighted by Gasteiger charge is -2.24. The van der Waals surface area contributed by atoms with Gasteiger partial charge in [0.15, 0.2) is 0 Å². The number of nitriles is 1. The van der Waals surface area contributed by atoms with E-state index in [0.717, 1.165) is 12.6 Å². The fourth-order valence-corrected chi connectivity index (χ4v) is 2.78. The normalized spacial score (nSPS) is 15.6. The number of anilines is 2. The van der Waals surface area contributed by atoms with Gasteiger partial charge in [-0.1, -0.05) is 6.07 Å². The Kier molecular flexibility index (Phi) is 8.29. The first-order valence-electron chi connectivity index (χ1n) is 8.65. The van der Waals surface area contributed by atoms with Gasteiger partial charge in [-0.2, -0.15) is 14.0 Å². The average molecular weight is 443 g/mol. The van der Waals surface area contributed by atoms with Gasteiger partial charge in [-0.05, 0) is 35.9 Å². The summed E-state index contributed by atoms with van der Waals surface area (Å²) in [4.78, 5) is 12.2. The van der Waals surface area contributed by atoms with Crippen molar-refractivity contribution in [3.63, 3.8) is 0 Å². The highest BCUT2D eigenvalue weighted by Crippen LogP contribution is 2.28. The van der Waals surface area contributed by atoms with Crippen molar-refractivity contribution in [2.45, 2.75) is 12.7 Å². The van der Waals surface area contributed by atoms with Crippen LogP contribution in [0.2, 0.25) is 0 Å². The number of carbonyl (C=O) groups is 1. The molecule has 0 spiro atoms. The van der Waals surface area contributed by atoms with Crippen LogP contribution in [-0.2, 0) is 4.74 Å². The Morgan fingerprint density at radius 1 is 1.23 bits per heavy atom. The van der Waals surface area contributed by atoms with E-state index >= 15 is 0 Å². The van der Waals surface area contributed by atoms with Crippen molar-refractivity contribution in [1.29, 1.82) is 5.26 Å². The Morgan fingerprint density at radius 2 is 2.00 bits per heavy atom. The van der Waals surface area contributed by atoms with Gasteiger partial charge < -0.3 is 25.4 Å². The summed E-state index contributed by atoms with van der Waals surface area (Å²) in [6.45, 7) is -1.33. The summed E-state index contributed by atoms with van der Waals surface area (Å²) in [5, 5.41) is 16.7. The van der Waals surface area contributed by atoms with Gasteiger partial charge in [-0.3, -0.25) is 0 Å². The molecular weight excluding hydrogens is 425 g/mol. The molecule has 1 heterocycles. The van der Waals surface area contributed by atoms with Crippen LogP contribution in [0.5, 0.6) is 5.75 Å². The van der Waals surface area contributed by atoms with Gasteiger partial charge in [0.1, 0.15) is 11.6 Å². The van der Waals surface area contributed by atoms with Crippen molar-refractivity contribution in [2.24, 2.45) is 0 Å². The van der Waals surface area contributed by atoms with Crippen molar-refractivity contribution in [3.05, 3.63) is 53.3 Å². The summed E-state index contributed by atoms with van der Waals surface area (Å²) < 4.78 is 49.3. The van der Waals surface area contributed by atoms with Gasteiger partial charge in [-0.25, -0.2) is 9.18 Å². The fraction of sp³-hybridized carbons (Fsp3) is 0.263. The minimum atomic E-state index is -3.12. The zero-order chi connectivity index (χ0) is 20.8. The number of hydrogen-bond donors (Lipinski definition) is 3. The number of halogens is 4. The molecule has 0 unspecified atom stereocenters. The molecule has 0 radical (unpaired) electrons. The topological polar surface area (TPSA) is 95.4 Å². The number of rotatable bonds is 5. The maximum absolute atomic E-state index is 14.4. The Morgan fingerprint density at radius 3 is 2.63 bits per heavy atom. The van der Waals surface area contributed by atoms with E-state index in [-0.39, 0.29) is 41.2 Å². The van der Waals surface area contributed by atoms with Gasteiger partial charge in [0, 0.05) is 13.1 Å². The highest BCUT2D eigenvalue weighted by molar-refractivity contribution is 6.00. The number of urea groups is 1. The van der Waals surface area contributed by atoms with Gasteiger partial charge >= 0.3 is 12.6 Å². The molecule has 1 aliphatic heterocycles. The summed E-state index contributed by atoms with van der Waals surface area (Å²) in [6, 6.07) is 8.77. The summed E-state index contributed by atoms with van der Waals surface area (Å²) in [6.07, 6.45) is -0.288. The van der Waals surface area contributed by atoms with Crippen LogP contribution < -0.4 is 20.7 Å². The first kappa shape index (κ1) is 23.3. The van der Waals surface area contributed by atoms with E-state index in [1.807, 2.05) is 6.07 Å². The predicted molar refractivity (Wildman–Crippen MR) is 106 cm³/mol. The number of amides is 2. The number of benzene rings is 2. The fourth-order valence-electron chi connectivity index (χ4n) is 2.78. The van der Waals surface area contributed by atoms with Crippen molar-refractivity contribution in [3.8, 4) is 11.8 Å². The molecule has 160 valence electrons. The highest BCUT2D eigenvalue weighted by Gasteiger charge is 2.18. The molecule has 7 nitrogen and oxygen atoms in total. The second kappa shape index (κ2) is 10.7. The van der Waals surface area contributed by atoms with E-state index in [2.05, 4.69) is 20.7 Å². The quantitative estimate of drug-likeness (QED) is 0.650. The molecule has 1 aliphatic rings. The third-order valence-corrected chi connectivity index (χ3v) is 4.11. The zero-order valence-electron chi connectivity index (χ0n) is 15.5. The van der Waals surface area contributed by atoms with Crippen molar-refractivity contribution >= 4 is 29.8 Å². The van der Waals surface area contributed by atoms with E-state index < -0.39 is 18.5 Å². The van der Waals surface area contributed by atoms with Crippen LogP contribution in [0.25, 0.3) is 0 Å². The molecule has 0 bridgehead atoms. The van der Waals surface area contributed by atoms with Crippen LogP contribution in [0.1, 0.15) is 17.2 Å². The molecule has 2 aromatic carbocycles. The number of nitrogens with zero attached hydrogens (tertiary/aromatic N) is 1. The summed E-state index contributed by atoms with van der Waals surface area (Å²) >= 11 is 0. The molecule has 11 heteroatoms. The molecule has 3 N–H and O–H groups in total.